The van der Waals surface area contributed by atoms with Crippen LogP contribution in [0.4, 0.5) is 0 Å². The van der Waals surface area contributed by atoms with Crippen LogP contribution >= 0.6 is 0 Å². The van der Waals surface area contributed by atoms with E-state index in [-0.39, 0.29) is 6.54 Å². The first-order chi connectivity index (χ1) is 8.70. The van der Waals surface area contributed by atoms with Crippen molar-refractivity contribution in [3.63, 3.8) is 0 Å². The molecule has 0 saturated carbocycles. The fourth-order valence-corrected chi connectivity index (χ4v) is 2.43. The van der Waals surface area contributed by atoms with Gasteiger partial charge in [0, 0.05) is 13.1 Å². The molecule has 1 atom stereocenters. The summed E-state index contributed by atoms with van der Waals surface area (Å²) in [6.07, 6.45) is 2.57. The van der Waals surface area contributed by atoms with Crippen LogP contribution in [0.15, 0.2) is 24.3 Å². The van der Waals surface area contributed by atoms with Crippen LogP contribution in [0.25, 0.3) is 0 Å². The van der Waals surface area contributed by atoms with Gasteiger partial charge in [-0.3, -0.25) is 9.69 Å². The normalized spacial score (nSPS) is 17.8. The van der Waals surface area contributed by atoms with Gasteiger partial charge in [-0.05, 0) is 37.1 Å². The molecule has 0 radical (unpaired) electrons. The van der Waals surface area contributed by atoms with Crippen molar-refractivity contribution in [1.82, 2.24) is 4.90 Å². The second kappa shape index (κ2) is 5.98. The predicted octanol–water partition coefficient (Wildman–Crippen LogP) is 1.41. The van der Waals surface area contributed by atoms with Gasteiger partial charge in [-0.25, -0.2) is 0 Å². The minimum Gasteiger partial charge on any atom is -0.481 e. The number of nitrogens with zero attached hydrogens (tertiary/aromatic N) is 1. The smallest absolute Gasteiger partial charge is 0.312 e. The van der Waals surface area contributed by atoms with E-state index in [4.69, 9.17) is 10.8 Å². The highest BCUT2D eigenvalue weighted by molar-refractivity contribution is 5.76. The third kappa shape index (κ3) is 3.09. The number of hydrogen-bond donors (Lipinski definition) is 2. The first-order valence-electron chi connectivity index (χ1n) is 6.45. The molecule has 1 aliphatic rings. The Hall–Kier alpha value is -1.39. The maximum atomic E-state index is 11.0. The highest BCUT2D eigenvalue weighted by Crippen LogP contribution is 2.18. The Morgan fingerprint density at radius 1 is 1.28 bits per heavy atom. The van der Waals surface area contributed by atoms with Crippen molar-refractivity contribution in [2.75, 3.05) is 19.6 Å². The minimum atomic E-state index is -0.857. The summed E-state index contributed by atoms with van der Waals surface area (Å²) in [4.78, 5) is 13.4. The largest absolute Gasteiger partial charge is 0.481 e. The molecule has 0 spiro atoms. The van der Waals surface area contributed by atoms with Crippen LogP contribution in [0.2, 0.25) is 0 Å². The van der Waals surface area contributed by atoms with E-state index in [1.807, 2.05) is 24.3 Å². The molecule has 4 heteroatoms. The van der Waals surface area contributed by atoms with Crippen molar-refractivity contribution in [3.05, 3.63) is 35.4 Å². The summed E-state index contributed by atoms with van der Waals surface area (Å²) in [5, 5.41) is 9.04. The van der Waals surface area contributed by atoms with E-state index in [9.17, 15) is 4.79 Å². The molecule has 1 saturated heterocycles. The van der Waals surface area contributed by atoms with Gasteiger partial charge in [-0.15, -0.1) is 0 Å². The van der Waals surface area contributed by atoms with Crippen LogP contribution in [0.3, 0.4) is 0 Å². The fraction of sp³-hybridized carbons (Fsp3) is 0.500. The number of rotatable bonds is 5. The van der Waals surface area contributed by atoms with E-state index in [2.05, 4.69) is 4.90 Å². The minimum absolute atomic E-state index is 0.140. The molecular weight excluding hydrogens is 228 g/mol. The Bertz CT molecular complexity index is 397. The Labute approximate surface area is 107 Å². The molecule has 0 aliphatic carbocycles. The van der Waals surface area contributed by atoms with Crippen LogP contribution in [0.5, 0.6) is 0 Å². The Kier molecular flexibility index (Phi) is 4.33. The lowest BCUT2D eigenvalue weighted by atomic mass is 9.98. The SMILES string of the molecule is NCC(C(=O)O)c1ccc(CN2CCCC2)cc1. The monoisotopic (exact) mass is 248 g/mol. The molecule has 1 fully saturated rings. The zero-order valence-corrected chi connectivity index (χ0v) is 10.5. The quantitative estimate of drug-likeness (QED) is 0.827. The van der Waals surface area contributed by atoms with Gasteiger partial charge in [0.25, 0.3) is 0 Å². The number of carbonyl (C=O) groups is 1. The number of nitrogens with two attached hydrogens (primary N) is 1. The van der Waals surface area contributed by atoms with Gasteiger partial charge in [0.2, 0.25) is 0 Å². The van der Waals surface area contributed by atoms with Crippen molar-refractivity contribution in [2.24, 2.45) is 5.73 Å². The third-order valence-electron chi connectivity index (χ3n) is 3.52. The molecule has 4 nitrogen and oxygen atoms in total. The molecular formula is C14H20N2O2. The number of benzene rings is 1. The molecule has 1 aromatic rings. The van der Waals surface area contributed by atoms with Crippen molar-refractivity contribution in [2.45, 2.75) is 25.3 Å². The zero-order chi connectivity index (χ0) is 13.0. The number of carboxylic acids is 1. The van der Waals surface area contributed by atoms with E-state index >= 15 is 0 Å². The highest BCUT2D eigenvalue weighted by Gasteiger charge is 2.18. The molecule has 0 aromatic heterocycles. The second-order valence-electron chi connectivity index (χ2n) is 4.85. The lowest BCUT2D eigenvalue weighted by Gasteiger charge is -2.15. The molecule has 1 aromatic carbocycles. The van der Waals surface area contributed by atoms with Gasteiger partial charge in [0.15, 0.2) is 0 Å². The van der Waals surface area contributed by atoms with E-state index in [0.29, 0.717) is 0 Å². The van der Waals surface area contributed by atoms with Crippen LogP contribution in [0, 0.1) is 0 Å². The van der Waals surface area contributed by atoms with Gasteiger partial charge in [-0.2, -0.15) is 0 Å². The number of likely N-dealkylation sites (tertiary alicyclic amines) is 1. The summed E-state index contributed by atoms with van der Waals surface area (Å²) < 4.78 is 0. The molecule has 1 heterocycles. The fourth-order valence-electron chi connectivity index (χ4n) is 2.43. The van der Waals surface area contributed by atoms with Gasteiger partial charge < -0.3 is 10.8 Å². The van der Waals surface area contributed by atoms with Crippen LogP contribution < -0.4 is 5.73 Å². The van der Waals surface area contributed by atoms with E-state index in [1.165, 1.54) is 31.5 Å². The van der Waals surface area contributed by atoms with Crippen LogP contribution in [0.1, 0.15) is 29.9 Å². The summed E-state index contributed by atoms with van der Waals surface area (Å²) in [6.45, 7) is 3.44. The number of hydrogen-bond acceptors (Lipinski definition) is 3. The summed E-state index contributed by atoms with van der Waals surface area (Å²) in [7, 11) is 0. The predicted molar refractivity (Wildman–Crippen MR) is 70.4 cm³/mol. The maximum Gasteiger partial charge on any atom is 0.312 e. The van der Waals surface area contributed by atoms with E-state index in [0.717, 1.165) is 12.1 Å². The van der Waals surface area contributed by atoms with Gasteiger partial charge in [-0.1, -0.05) is 24.3 Å². The average Bonchev–Trinajstić information content (AvgIpc) is 2.84. The molecule has 1 unspecified atom stereocenters. The van der Waals surface area contributed by atoms with Crippen molar-refractivity contribution in [1.29, 1.82) is 0 Å². The summed E-state index contributed by atoms with van der Waals surface area (Å²) in [6, 6.07) is 7.80. The van der Waals surface area contributed by atoms with Gasteiger partial charge in [0.1, 0.15) is 0 Å². The van der Waals surface area contributed by atoms with Crippen molar-refractivity contribution in [3.8, 4) is 0 Å². The lowest BCUT2D eigenvalue weighted by molar-refractivity contribution is -0.138. The van der Waals surface area contributed by atoms with Crippen molar-refractivity contribution < 1.29 is 9.90 Å². The molecule has 1 aliphatic heterocycles. The third-order valence-corrected chi connectivity index (χ3v) is 3.52. The topological polar surface area (TPSA) is 66.6 Å². The first kappa shape index (κ1) is 13.1. The van der Waals surface area contributed by atoms with Gasteiger partial charge >= 0.3 is 5.97 Å². The number of aliphatic carboxylic acids is 1. The van der Waals surface area contributed by atoms with E-state index < -0.39 is 11.9 Å². The maximum absolute atomic E-state index is 11.0. The highest BCUT2D eigenvalue weighted by atomic mass is 16.4. The van der Waals surface area contributed by atoms with Crippen LogP contribution in [-0.2, 0) is 11.3 Å². The molecule has 98 valence electrons. The van der Waals surface area contributed by atoms with Gasteiger partial charge in [0.05, 0.1) is 5.92 Å². The lowest BCUT2D eigenvalue weighted by Crippen LogP contribution is -2.21. The second-order valence-corrected chi connectivity index (χ2v) is 4.85. The first-order valence-corrected chi connectivity index (χ1v) is 6.45. The molecule has 2 rings (SSSR count). The van der Waals surface area contributed by atoms with E-state index in [1.54, 1.807) is 0 Å². The zero-order valence-electron chi connectivity index (χ0n) is 10.5. The summed E-state index contributed by atoms with van der Waals surface area (Å²) >= 11 is 0. The molecule has 3 N–H and O–H groups in total. The standard InChI is InChI=1S/C14H20N2O2/c15-9-13(14(17)18)12-5-3-11(4-6-12)10-16-7-1-2-8-16/h3-6,13H,1-2,7-10,15H2,(H,17,18). The van der Waals surface area contributed by atoms with Crippen LogP contribution in [-0.4, -0.2) is 35.6 Å². The average molecular weight is 248 g/mol. The Balaban J connectivity index is 2.02. The van der Waals surface area contributed by atoms with Crippen molar-refractivity contribution >= 4 is 5.97 Å². The molecule has 0 amide bonds. The molecule has 0 bridgehead atoms. The summed E-state index contributed by atoms with van der Waals surface area (Å²) in [5.41, 5.74) is 7.51. The Morgan fingerprint density at radius 3 is 2.39 bits per heavy atom. The summed E-state index contributed by atoms with van der Waals surface area (Å²) in [5.74, 6) is -1.45. The Morgan fingerprint density at radius 2 is 1.89 bits per heavy atom. The number of carboxylic acid groups (broad SMARTS) is 1. The molecule has 18 heavy (non-hydrogen) atoms.